The Morgan fingerprint density at radius 2 is 2.44 bits per heavy atom. The SMILES string of the molecule is CCNCCCn1cnc2sccc2c1=O. The molecule has 16 heavy (non-hydrogen) atoms. The Morgan fingerprint density at radius 3 is 3.25 bits per heavy atom. The average Bonchev–Trinajstić information content (AvgIpc) is 2.76. The van der Waals surface area contributed by atoms with Crippen LogP contribution in [-0.2, 0) is 6.54 Å². The maximum Gasteiger partial charge on any atom is 0.262 e. The maximum atomic E-state index is 12.0. The van der Waals surface area contributed by atoms with E-state index in [1.54, 1.807) is 10.9 Å². The molecule has 0 amide bonds. The number of nitrogens with zero attached hydrogens (tertiary/aromatic N) is 2. The Hall–Kier alpha value is -1.20. The van der Waals surface area contributed by atoms with E-state index in [0.29, 0.717) is 0 Å². The molecule has 0 radical (unpaired) electrons. The average molecular weight is 237 g/mol. The van der Waals surface area contributed by atoms with Gasteiger partial charge in [-0.25, -0.2) is 4.98 Å². The van der Waals surface area contributed by atoms with Crippen LogP contribution in [0.1, 0.15) is 13.3 Å². The van der Waals surface area contributed by atoms with Gasteiger partial charge in [-0.1, -0.05) is 6.92 Å². The van der Waals surface area contributed by atoms with Crippen molar-refractivity contribution in [1.29, 1.82) is 0 Å². The molecule has 0 saturated heterocycles. The van der Waals surface area contributed by atoms with Crippen molar-refractivity contribution in [3.8, 4) is 0 Å². The van der Waals surface area contributed by atoms with Gasteiger partial charge in [0.25, 0.3) is 5.56 Å². The molecule has 2 aromatic heterocycles. The molecule has 0 fully saturated rings. The second-order valence-corrected chi connectivity index (χ2v) is 4.48. The van der Waals surface area contributed by atoms with Crippen molar-refractivity contribution < 1.29 is 0 Å². The third-order valence-electron chi connectivity index (χ3n) is 2.45. The Bertz CT molecular complexity index is 517. The van der Waals surface area contributed by atoms with Crippen LogP contribution in [0.4, 0.5) is 0 Å². The van der Waals surface area contributed by atoms with Crippen LogP contribution in [0.15, 0.2) is 22.6 Å². The molecule has 0 aromatic carbocycles. The largest absolute Gasteiger partial charge is 0.317 e. The lowest BCUT2D eigenvalue weighted by molar-refractivity contribution is 0.577. The predicted molar refractivity (Wildman–Crippen MR) is 67.0 cm³/mol. The van der Waals surface area contributed by atoms with E-state index < -0.39 is 0 Å². The third kappa shape index (κ3) is 2.31. The van der Waals surface area contributed by atoms with Crippen molar-refractivity contribution in [2.75, 3.05) is 13.1 Å². The Morgan fingerprint density at radius 1 is 1.56 bits per heavy atom. The van der Waals surface area contributed by atoms with Crippen molar-refractivity contribution >= 4 is 21.6 Å². The van der Waals surface area contributed by atoms with Crippen LogP contribution in [0.3, 0.4) is 0 Å². The lowest BCUT2D eigenvalue weighted by atomic mass is 10.3. The van der Waals surface area contributed by atoms with Gasteiger partial charge in [-0.05, 0) is 31.0 Å². The van der Waals surface area contributed by atoms with Crippen LogP contribution < -0.4 is 10.9 Å². The van der Waals surface area contributed by atoms with Crippen molar-refractivity contribution in [2.24, 2.45) is 0 Å². The molecule has 2 heterocycles. The molecule has 0 unspecified atom stereocenters. The highest BCUT2D eigenvalue weighted by atomic mass is 32.1. The predicted octanol–water partition coefficient (Wildman–Crippen LogP) is 1.46. The zero-order valence-electron chi connectivity index (χ0n) is 9.27. The minimum absolute atomic E-state index is 0.0720. The first-order valence-corrected chi connectivity index (χ1v) is 6.34. The highest BCUT2D eigenvalue weighted by Crippen LogP contribution is 2.13. The summed E-state index contributed by atoms with van der Waals surface area (Å²) >= 11 is 1.51. The summed E-state index contributed by atoms with van der Waals surface area (Å²) in [7, 11) is 0. The number of fused-ring (bicyclic) bond motifs is 1. The minimum Gasteiger partial charge on any atom is -0.317 e. The van der Waals surface area contributed by atoms with E-state index in [2.05, 4.69) is 17.2 Å². The summed E-state index contributed by atoms with van der Waals surface area (Å²) in [6.45, 7) is 4.71. The van der Waals surface area contributed by atoms with Gasteiger partial charge in [-0.15, -0.1) is 11.3 Å². The fourth-order valence-corrected chi connectivity index (χ4v) is 2.33. The molecule has 0 atom stereocenters. The second kappa shape index (κ2) is 5.23. The number of hydrogen-bond donors (Lipinski definition) is 1. The summed E-state index contributed by atoms with van der Waals surface area (Å²) in [5.41, 5.74) is 0.0720. The van der Waals surface area contributed by atoms with Crippen LogP contribution in [-0.4, -0.2) is 22.6 Å². The number of aromatic nitrogens is 2. The summed E-state index contributed by atoms with van der Waals surface area (Å²) in [6.07, 6.45) is 2.60. The summed E-state index contributed by atoms with van der Waals surface area (Å²) < 4.78 is 1.69. The van der Waals surface area contributed by atoms with Gasteiger partial charge < -0.3 is 5.32 Å². The van der Waals surface area contributed by atoms with E-state index in [-0.39, 0.29) is 5.56 Å². The Labute approximate surface area is 97.9 Å². The first-order chi connectivity index (χ1) is 7.83. The number of nitrogens with one attached hydrogen (secondary N) is 1. The molecule has 0 saturated carbocycles. The number of thiophene rings is 1. The molecule has 0 aliphatic heterocycles. The smallest absolute Gasteiger partial charge is 0.262 e. The summed E-state index contributed by atoms with van der Waals surface area (Å²) in [5, 5.41) is 5.87. The second-order valence-electron chi connectivity index (χ2n) is 3.59. The van der Waals surface area contributed by atoms with Gasteiger partial charge in [0.2, 0.25) is 0 Å². The van der Waals surface area contributed by atoms with Gasteiger partial charge in [-0.3, -0.25) is 9.36 Å². The van der Waals surface area contributed by atoms with Gasteiger partial charge in [0, 0.05) is 6.54 Å². The highest BCUT2D eigenvalue weighted by Gasteiger charge is 2.03. The first-order valence-electron chi connectivity index (χ1n) is 5.46. The van der Waals surface area contributed by atoms with Crippen molar-refractivity contribution in [3.63, 3.8) is 0 Å². The van der Waals surface area contributed by atoms with Gasteiger partial charge in [0.15, 0.2) is 0 Å². The molecule has 1 N–H and O–H groups in total. The Kier molecular flexibility index (Phi) is 3.69. The molecule has 2 rings (SSSR count). The zero-order chi connectivity index (χ0) is 11.4. The van der Waals surface area contributed by atoms with Crippen molar-refractivity contribution in [2.45, 2.75) is 19.9 Å². The molecule has 0 spiro atoms. The maximum absolute atomic E-state index is 12.0. The molecule has 0 aliphatic rings. The fraction of sp³-hybridized carbons (Fsp3) is 0.455. The van der Waals surface area contributed by atoms with Gasteiger partial charge in [0.05, 0.1) is 11.7 Å². The fourth-order valence-electron chi connectivity index (χ4n) is 1.60. The number of rotatable bonds is 5. The van der Waals surface area contributed by atoms with Crippen molar-refractivity contribution in [3.05, 3.63) is 28.1 Å². The van der Waals surface area contributed by atoms with Crippen LogP contribution in [0, 0.1) is 0 Å². The van der Waals surface area contributed by atoms with E-state index >= 15 is 0 Å². The Balaban J connectivity index is 2.12. The molecule has 0 bridgehead atoms. The molecular weight excluding hydrogens is 222 g/mol. The minimum atomic E-state index is 0.0720. The molecular formula is C11H15N3OS. The molecule has 86 valence electrons. The molecule has 5 heteroatoms. The summed E-state index contributed by atoms with van der Waals surface area (Å²) in [4.78, 5) is 17.1. The van der Waals surface area contributed by atoms with E-state index in [9.17, 15) is 4.79 Å². The molecule has 4 nitrogen and oxygen atoms in total. The van der Waals surface area contributed by atoms with Gasteiger partial charge in [-0.2, -0.15) is 0 Å². The van der Waals surface area contributed by atoms with E-state index in [4.69, 9.17) is 0 Å². The van der Waals surface area contributed by atoms with E-state index in [0.717, 1.165) is 36.3 Å². The lowest BCUT2D eigenvalue weighted by Gasteiger charge is -2.05. The van der Waals surface area contributed by atoms with Crippen LogP contribution in [0.5, 0.6) is 0 Å². The van der Waals surface area contributed by atoms with E-state index in [1.165, 1.54) is 11.3 Å². The zero-order valence-corrected chi connectivity index (χ0v) is 10.1. The normalized spacial score (nSPS) is 11.1. The van der Waals surface area contributed by atoms with E-state index in [1.807, 2.05) is 11.4 Å². The highest BCUT2D eigenvalue weighted by molar-refractivity contribution is 7.16. The standard InChI is InChI=1S/C11H15N3OS/c1-2-12-5-3-6-14-8-13-10-9(11(14)15)4-7-16-10/h4,7-8,12H,2-3,5-6H2,1H3. The quantitative estimate of drug-likeness (QED) is 0.801. The van der Waals surface area contributed by atoms with Crippen LogP contribution >= 0.6 is 11.3 Å². The lowest BCUT2D eigenvalue weighted by Crippen LogP contribution is -2.23. The monoisotopic (exact) mass is 237 g/mol. The summed E-state index contributed by atoms with van der Waals surface area (Å²) in [5.74, 6) is 0. The molecule has 0 aliphatic carbocycles. The number of hydrogen-bond acceptors (Lipinski definition) is 4. The topological polar surface area (TPSA) is 46.9 Å². The number of aryl methyl sites for hydroxylation is 1. The van der Waals surface area contributed by atoms with Crippen LogP contribution in [0.2, 0.25) is 0 Å². The summed E-state index contributed by atoms with van der Waals surface area (Å²) in [6, 6.07) is 1.84. The van der Waals surface area contributed by atoms with Crippen molar-refractivity contribution in [1.82, 2.24) is 14.9 Å². The third-order valence-corrected chi connectivity index (χ3v) is 3.27. The first kappa shape index (κ1) is 11.3. The molecule has 2 aromatic rings. The van der Waals surface area contributed by atoms with Gasteiger partial charge >= 0.3 is 0 Å². The van der Waals surface area contributed by atoms with Crippen LogP contribution in [0.25, 0.3) is 10.2 Å². The van der Waals surface area contributed by atoms with Gasteiger partial charge in [0.1, 0.15) is 4.83 Å².